The molecule has 146 valence electrons. The van der Waals surface area contributed by atoms with E-state index >= 15 is 0 Å². The van der Waals surface area contributed by atoms with Crippen molar-refractivity contribution in [1.29, 1.82) is 0 Å². The number of carbonyl (C=O) groups excluding carboxylic acids is 1. The predicted molar refractivity (Wildman–Crippen MR) is 108 cm³/mol. The number of rotatable bonds is 7. The topological polar surface area (TPSA) is 80.5 Å². The number of benzene rings is 2. The van der Waals surface area contributed by atoms with Crippen molar-refractivity contribution in [1.82, 2.24) is 4.90 Å². The summed E-state index contributed by atoms with van der Waals surface area (Å²) in [5.74, 6) is -0.204. The fourth-order valence-corrected chi connectivity index (χ4v) is 4.14. The van der Waals surface area contributed by atoms with Gasteiger partial charge in [0.05, 0.1) is 10.6 Å². The van der Waals surface area contributed by atoms with Crippen LogP contribution in [0, 0.1) is 12.3 Å². The van der Waals surface area contributed by atoms with Gasteiger partial charge in [0.15, 0.2) is 9.84 Å². The molecule has 0 saturated carbocycles. The Morgan fingerprint density at radius 3 is 2.11 bits per heavy atom. The summed E-state index contributed by atoms with van der Waals surface area (Å²) in [6, 6.07) is 13.6. The van der Waals surface area contributed by atoms with E-state index in [1.165, 1.54) is 0 Å². The summed E-state index contributed by atoms with van der Waals surface area (Å²) in [6.07, 6.45) is 0. The molecule has 0 spiro atoms. The summed E-state index contributed by atoms with van der Waals surface area (Å²) < 4.78 is 25.1. The number of hydrogen-bond donors (Lipinski definition) is 1. The zero-order chi connectivity index (χ0) is 20.2. The normalized spacial score (nSPS) is 12.0. The van der Waals surface area contributed by atoms with Crippen molar-refractivity contribution < 1.29 is 13.2 Å². The molecule has 0 heterocycles. The van der Waals surface area contributed by atoms with Crippen molar-refractivity contribution in [2.45, 2.75) is 31.4 Å². The van der Waals surface area contributed by atoms with Crippen molar-refractivity contribution in [3.05, 3.63) is 65.2 Å². The van der Waals surface area contributed by atoms with Gasteiger partial charge < -0.3 is 10.6 Å². The number of aryl methyl sites for hydroxylation is 1. The maximum Gasteiger partial charge on any atom is 0.253 e. The van der Waals surface area contributed by atoms with Crippen LogP contribution in [0.3, 0.4) is 0 Å². The second-order valence-corrected chi connectivity index (χ2v) is 9.79. The Kier molecular flexibility index (Phi) is 6.44. The third-order valence-electron chi connectivity index (χ3n) is 4.50. The van der Waals surface area contributed by atoms with E-state index in [1.807, 2.05) is 20.8 Å². The molecule has 1 amide bonds. The molecule has 0 aliphatic carbocycles. The third kappa shape index (κ3) is 5.65. The monoisotopic (exact) mass is 388 g/mol. The standard InChI is InChI=1S/C21H28N2O3S/c1-16-5-11-19(12-6-16)27(25,26)13-17-7-9-18(10-8-17)20(24)23(4)15-21(2,3)14-22/h5-12H,13-15,22H2,1-4H3. The van der Waals surface area contributed by atoms with Gasteiger partial charge in [-0.15, -0.1) is 0 Å². The van der Waals surface area contributed by atoms with Crippen LogP contribution in [0.25, 0.3) is 0 Å². The van der Waals surface area contributed by atoms with Gasteiger partial charge >= 0.3 is 0 Å². The van der Waals surface area contributed by atoms with E-state index in [1.54, 1.807) is 60.5 Å². The number of hydrogen-bond acceptors (Lipinski definition) is 4. The fourth-order valence-electron chi connectivity index (χ4n) is 2.79. The zero-order valence-electron chi connectivity index (χ0n) is 16.4. The van der Waals surface area contributed by atoms with E-state index in [9.17, 15) is 13.2 Å². The summed E-state index contributed by atoms with van der Waals surface area (Å²) in [5.41, 5.74) is 7.77. The van der Waals surface area contributed by atoms with Gasteiger partial charge in [-0.05, 0) is 48.7 Å². The molecular formula is C21H28N2O3S. The Hall–Kier alpha value is -2.18. The summed E-state index contributed by atoms with van der Waals surface area (Å²) >= 11 is 0. The van der Waals surface area contributed by atoms with E-state index in [-0.39, 0.29) is 17.1 Å². The summed E-state index contributed by atoms with van der Waals surface area (Å²) in [4.78, 5) is 14.5. The lowest BCUT2D eigenvalue weighted by Gasteiger charge is -2.29. The highest BCUT2D eigenvalue weighted by molar-refractivity contribution is 7.90. The van der Waals surface area contributed by atoms with Crippen molar-refractivity contribution in [3.63, 3.8) is 0 Å². The van der Waals surface area contributed by atoms with Crippen molar-refractivity contribution >= 4 is 15.7 Å². The molecule has 0 saturated heterocycles. The summed E-state index contributed by atoms with van der Waals surface area (Å²) in [5, 5.41) is 0. The highest BCUT2D eigenvalue weighted by Crippen LogP contribution is 2.19. The van der Waals surface area contributed by atoms with Crippen LogP contribution in [-0.2, 0) is 15.6 Å². The first kappa shape index (κ1) is 21.1. The number of amides is 1. The summed E-state index contributed by atoms with van der Waals surface area (Å²) in [7, 11) is -1.67. The van der Waals surface area contributed by atoms with Crippen LogP contribution in [0.2, 0.25) is 0 Å². The van der Waals surface area contributed by atoms with E-state index in [0.29, 0.717) is 29.1 Å². The molecule has 2 rings (SSSR count). The van der Waals surface area contributed by atoms with Crippen LogP contribution in [0.1, 0.15) is 35.3 Å². The predicted octanol–water partition coefficient (Wildman–Crippen LogP) is 3.03. The molecule has 6 heteroatoms. The smallest absolute Gasteiger partial charge is 0.253 e. The average molecular weight is 389 g/mol. The van der Waals surface area contributed by atoms with Crippen LogP contribution >= 0.6 is 0 Å². The molecule has 27 heavy (non-hydrogen) atoms. The first-order valence-corrected chi connectivity index (χ1v) is 10.5. The molecule has 2 aromatic carbocycles. The maximum absolute atomic E-state index is 12.6. The second kappa shape index (κ2) is 8.23. The highest BCUT2D eigenvalue weighted by atomic mass is 32.2. The van der Waals surface area contributed by atoms with Crippen molar-refractivity contribution in [2.24, 2.45) is 11.1 Å². The minimum Gasteiger partial charge on any atom is -0.341 e. The fraction of sp³-hybridized carbons (Fsp3) is 0.381. The van der Waals surface area contributed by atoms with Gasteiger partial charge in [-0.25, -0.2) is 8.42 Å². The van der Waals surface area contributed by atoms with Gasteiger partial charge in [-0.2, -0.15) is 0 Å². The Morgan fingerprint density at radius 1 is 1.04 bits per heavy atom. The first-order valence-electron chi connectivity index (χ1n) is 8.88. The highest BCUT2D eigenvalue weighted by Gasteiger charge is 2.22. The SMILES string of the molecule is Cc1ccc(S(=O)(=O)Cc2ccc(C(=O)N(C)CC(C)(C)CN)cc2)cc1. The quantitative estimate of drug-likeness (QED) is 0.791. The Labute approximate surface area is 162 Å². The Balaban J connectivity index is 2.10. The van der Waals surface area contributed by atoms with Gasteiger partial charge in [-0.1, -0.05) is 43.7 Å². The number of sulfone groups is 1. The Bertz CT molecular complexity index is 886. The summed E-state index contributed by atoms with van der Waals surface area (Å²) in [6.45, 7) is 6.97. The zero-order valence-corrected chi connectivity index (χ0v) is 17.2. The van der Waals surface area contributed by atoms with Crippen LogP contribution < -0.4 is 5.73 Å². The van der Waals surface area contributed by atoms with Gasteiger partial charge in [0.25, 0.3) is 5.91 Å². The molecule has 0 radical (unpaired) electrons. The number of nitrogens with zero attached hydrogens (tertiary/aromatic N) is 1. The van der Waals surface area contributed by atoms with Gasteiger partial charge in [-0.3, -0.25) is 4.79 Å². The minimum absolute atomic E-state index is 0.0967. The van der Waals surface area contributed by atoms with Crippen molar-refractivity contribution in [2.75, 3.05) is 20.1 Å². The second-order valence-electron chi connectivity index (χ2n) is 7.80. The molecule has 0 bridgehead atoms. The van der Waals surface area contributed by atoms with Crippen LogP contribution in [0.5, 0.6) is 0 Å². The van der Waals surface area contributed by atoms with Crippen LogP contribution in [-0.4, -0.2) is 39.4 Å². The third-order valence-corrected chi connectivity index (χ3v) is 6.21. The largest absolute Gasteiger partial charge is 0.341 e. The molecule has 2 N–H and O–H groups in total. The van der Waals surface area contributed by atoms with E-state index in [4.69, 9.17) is 5.73 Å². The van der Waals surface area contributed by atoms with E-state index < -0.39 is 9.84 Å². The Morgan fingerprint density at radius 2 is 1.59 bits per heavy atom. The van der Waals surface area contributed by atoms with E-state index in [0.717, 1.165) is 5.56 Å². The lowest BCUT2D eigenvalue weighted by molar-refractivity contribution is 0.0740. The molecule has 0 aromatic heterocycles. The molecule has 2 aromatic rings. The lowest BCUT2D eigenvalue weighted by Crippen LogP contribution is -2.39. The number of nitrogens with two attached hydrogens (primary N) is 1. The molecule has 0 unspecified atom stereocenters. The van der Waals surface area contributed by atoms with Crippen molar-refractivity contribution in [3.8, 4) is 0 Å². The van der Waals surface area contributed by atoms with Gasteiger partial charge in [0.1, 0.15) is 0 Å². The molecule has 5 nitrogen and oxygen atoms in total. The van der Waals surface area contributed by atoms with Crippen LogP contribution in [0.4, 0.5) is 0 Å². The van der Waals surface area contributed by atoms with Gasteiger partial charge in [0, 0.05) is 19.2 Å². The molecule has 0 aliphatic heterocycles. The average Bonchev–Trinajstić information content (AvgIpc) is 2.61. The van der Waals surface area contributed by atoms with Gasteiger partial charge in [0.2, 0.25) is 0 Å². The molecule has 0 aliphatic rings. The van der Waals surface area contributed by atoms with Crippen LogP contribution in [0.15, 0.2) is 53.4 Å². The molecule has 0 fully saturated rings. The molecule has 0 atom stereocenters. The maximum atomic E-state index is 12.6. The number of carbonyl (C=O) groups is 1. The molecular weight excluding hydrogens is 360 g/mol. The first-order chi connectivity index (χ1) is 12.5. The lowest BCUT2D eigenvalue weighted by atomic mass is 9.93. The van der Waals surface area contributed by atoms with E-state index in [2.05, 4.69) is 0 Å². The minimum atomic E-state index is -3.42.